The Morgan fingerprint density at radius 3 is 2.50 bits per heavy atom. The summed E-state index contributed by atoms with van der Waals surface area (Å²) < 4.78 is 38.3. The molecule has 0 radical (unpaired) electrons. The Kier molecular flexibility index (Phi) is 4.00. The van der Waals surface area contributed by atoms with Crippen LogP contribution >= 0.6 is 0 Å². The van der Waals surface area contributed by atoms with Gasteiger partial charge in [0.15, 0.2) is 0 Å². The van der Waals surface area contributed by atoms with Crippen LogP contribution in [0.4, 0.5) is 8.78 Å². The van der Waals surface area contributed by atoms with Gasteiger partial charge >= 0.3 is 5.63 Å². The van der Waals surface area contributed by atoms with E-state index in [1.54, 1.807) is 12.1 Å². The Hall–Kier alpha value is -2.73. The molecule has 0 saturated heterocycles. The van der Waals surface area contributed by atoms with Crippen molar-refractivity contribution in [2.45, 2.75) is 26.4 Å². The minimum atomic E-state index is -0.745. The third-order valence-electron chi connectivity index (χ3n) is 4.61. The predicted octanol–water partition coefficient (Wildman–Crippen LogP) is 4.30. The van der Waals surface area contributed by atoms with Gasteiger partial charge in [-0.2, -0.15) is 0 Å². The number of halogens is 2. The minimum Gasteiger partial charge on any atom is -0.478 e. The molecule has 26 heavy (non-hydrogen) atoms. The van der Waals surface area contributed by atoms with Gasteiger partial charge in [-0.05, 0) is 49.7 Å². The standard InChI is InChI=1S/C20H17F2NO3/c1-11(2)23-9-17-18(25-10-23)4-3-12-7-16(20(24)26-19(12)17)13-5-14(21)8-15(22)6-13/h3-8,11H,9-10H2,1-2H3. The molecule has 1 aliphatic heterocycles. The molecule has 0 N–H and O–H groups in total. The molecule has 0 atom stereocenters. The van der Waals surface area contributed by atoms with Gasteiger partial charge in [-0.3, -0.25) is 4.90 Å². The summed E-state index contributed by atoms with van der Waals surface area (Å²) in [4.78, 5) is 14.6. The maximum absolute atomic E-state index is 13.5. The van der Waals surface area contributed by atoms with Crippen LogP contribution in [0.1, 0.15) is 19.4 Å². The first kappa shape index (κ1) is 16.7. The Bertz CT molecular complexity index is 1040. The molecule has 0 spiro atoms. The number of hydrogen-bond donors (Lipinski definition) is 0. The number of hydrogen-bond acceptors (Lipinski definition) is 4. The summed E-state index contributed by atoms with van der Waals surface area (Å²) in [6.45, 7) is 5.20. The van der Waals surface area contributed by atoms with Crippen LogP contribution in [0.3, 0.4) is 0 Å². The maximum Gasteiger partial charge on any atom is 0.344 e. The molecule has 1 aliphatic rings. The fourth-order valence-electron chi connectivity index (χ4n) is 3.15. The van der Waals surface area contributed by atoms with Gasteiger partial charge in [0.25, 0.3) is 0 Å². The molecular formula is C20H17F2NO3. The van der Waals surface area contributed by atoms with Crippen LogP contribution in [0.2, 0.25) is 0 Å². The fourth-order valence-corrected chi connectivity index (χ4v) is 3.15. The monoisotopic (exact) mass is 357 g/mol. The van der Waals surface area contributed by atoms with Crippen molar-refractivity contribution in [2.24, 2.45) is 0 Å². The van der Waals surface area contributed by atoms with E-state index in [2.05, 4.69) is 18.7 Å². The van der Waals surface area contributed by atoms with Crippen LogP contribution in [-0.2, 0) is 6.54 Å². The van der Waals surface area contributed by atoms with Crippen molar-refractivity contribution in [2.75, 3.05) is 6.73 Å². The normalized spacial score (nSPS) is 14.5. The number of benzene rings is 2. The van der Waals surface area contributed by atoms with Gasteiger partial charge in [0, 0.05) is 24.0 Å². The van der Waals surface area contributed by atoms with E-state index in [9.17, 15) is 13.6 Å². The van der Waals surface area contributed by atoms with Crippen molar-refractivity contribution in [1.82, 2.24) is 4.90 Å². The van der Waals surface area contributed by atoms with Crippen LogP contribution in [0.15, 0.2) is 45.6 Å². The van der Waals surface area contributed by atoms with Crippen LogP contribution in [0.5, 0.6) is 5.75 Å². The summed E-state index contributed by atoms with van der Waals surface area (Å²) in [5.41, 5.74) is 0.872. The molecule has 0 unspecified atom stereocenters. The van der Waals surface area contributed by atoms with Crippen molar-refractivity contribution >= 4 is 11.0 Å². The molecule has 0 amide bonds. The van der Waals surface area contributed by atoms with Crippen molar-refractivity contribution in [3.05, 3.63) is 64.0 Å². The van der Waals surface area contributed by atoms with Gasteiger partial charge in [-0.25, -0.2) is 13.6 Å². The van der Waals surface area contributed by atoms with E-state index < -0.39 is 17.3 Å². The van der Waals surface area contributed by atoms with E-state index in [0.29, 0.717) is 30.0 Å². The molecule has 0 fully saturated rings. The highest BCUT2D eigenvalue weighted by atomic mass is 19.1. The van der Waals surface area contributed by atoms with E-state index in [1.165, 1.54) is 0 Å². The van der Waals surface area contributed by atoms with Gasteiger partial charge in [0.05, 0.1) is 11.1 Å². The maximum atomic E-state index is 13.5. The first-order chi connectivity index (χ1) is 12.4. The smallest absolute Gasteiger partial charge is 0.344 e. The van der Waals surface area contributed by atoms with Crippen molar-refractivity contribution in [1.29, 1.82) is 0 Å². The lowest BCUT2D eigenvalue weighted by atomic mass is 10.0. The van der Waals surface area contributed by atoms with Gasteiger partial charge in [0.2, 0.25) is 0 Å². The van der Waals surface area contributed by atoms with Crippen LogP contribution in [0, 0.1) is 11.6 Å². The van der Waals surface area contributed by atoms with Crippen LogP contribution < -0.4 is 10.4 Å². The molecule has 0 aliphatic carbocycles. The van der Waals surface area contributed by atoms with Gasteiger partial charge in [0.1, 0.15) is 29.7 Å². The number of fused-ring (bicyclic) bond motifs is 3. The number of rotatable bonds is 2. The number of ether oxygens (including phenoxy) is 1. The highest BCUT2D eigenvalue weighted by Crippen LogP contribution is 2.33. The van der Waals surface area contributed by atoms with Gasteiger partial charge in [-0.1, -0.05) is 0 Å². The lowest BCUT2D eigenvalue weighted by Gasteiger charge is -2.32. The van der Waals surface area contributed by atoms with Crippen molar-refractivity contribution in [3.63, 3.8) is 0 Å². The second kappa shape index (κ2) is 6.21. The highest BCUT2D eigenvalue weighted by Gasteiger charge is 2.23. The molecule has 2 aromatic carbocycles. The zero-order valence-electron chi connectivity index (χ0n) is 14.4. The molecule has 4 nitrogen and oxygen atoms in total. The molecule has 3 aromatic rings. The van der Waals surface area contributed by atoms with Crippen LogP contribution in [-0.4, -0.2) is 17.7 Å². The lowest BCUT2D eigenvalue weighted by Crippen LogP contribution is -2.37. The second-order valence-corrected chi connectivity index (χ2v) is 6.68. The molecule has 2 heterocycles. The zero-order chi connectivity index (χ0) is 18.4. The molecule has 6 heteroatoms. The van der Waals surface area contributed by atoms with E-state index >= 15 is 0 Å². The predicted molar refractivity (Wildman–Crippen MR) is 94.0 cm³/mol. The lowest BCUT2D eigenvalue weighted by molar-refractivity contribution is 0.0689. The second-order valence-electron chi connectivity index (χ2n) is 6.68. The molecule has 0 bridgehead atoms. The van der Waals surface area contributed by atoms with E-state index in [4.69, 9.17) is 9.15 Å². The average Bonchev–Trinajstić information content (AvgIpc) is 2.59. The van der Waals surface area contributed by atoms with Crippen LogP contribution in [0.25, 0.3) is 22.1 Å². The third kappa shape index (κ3) is 2.86. The summed E-state index contributed by atoms with van der Waals surface area (Å²) in [6.07, 6.45) is 0. The first-order valence-electron chi connectivity index (χ1n) is 8.35. The van der Waals surface area contributed by atoms with Gasteiger partial charge in [-0.15, -0.1) is 0 Å². The molecular weight excluding hydrogens is 340 g/mol. The summed E-state index contributed by atoms with van der Waals surface area (Å²) in [6, 6.07) is 8.48. The minimum absolute atomic E-state index is 0.119. The van der Waals surface area contributed by atoms with Crippen molar-refractivity contribution < 1.29 is 17.9 Å². The van der Waals surface area contributed by atoms with E-state index in [1.807, 2.05) is 6.07 Å². The molecule has 0 saturated carbocycles. The SMILES string of the molecule is CC(C)N1COc2ccc3cc(-c4cc(F)cc(F)c4)c(=O)oc3c2C1. The Balaban J connectivity index is 1.88. The van der Waals surface area contributed by atoms with E-state index in [0.717, 1.165) is 23.8 Å². The number of nitrogens with zero attached hydrogens (tertiary/aromatic N) is 1. The summed E-state index contributed by atoms with van der Waals surface area (Å²) in [5.74, 6) is -0.807. The zero-order valence-corrected chi connectivity index (χ0v) is 14.4. The topological polar surface area (TPSA) is 42.7 Å². The molecule has 134 valence electrons. The third-order valence-corrected chi connectivity index (χ3v) is 4.61. The summed E-state index contributed by atoms with van der Waals surface area (Å²) in [7, 11) is 0. The van der Waals surface area contributed by atoms with Gasteiger partial charge < -0.3 is 9.15 Å². The molecule has 4 rings (SSSR count). The molecule has 1 aromatic heterocycles. The Morgan fingerprint density at radius 2 is 1.81 bits per heavy atom. The Morgan fingerprint density at radius 1 is 1.08 bits per heavy atom. The first-order valence-corrected chi connectivity index (χ1v) is 8.35. The van der Waals surface area contributed by atoms with Crippen molar-refractivity contribution in [3.8, 4) is 16.9 Å². The van der Waals surface area contributed by atoms with E-state index in [-0.39, 0.29) is 17.2 Å². The average molecular weight is 357 g/mol. The highest BCUT2D eigenvalue weighted by molar-refractivity contribution is 5.86. The Labute approximate surface area is 148 Å². The summed E-state index contributed by atoms with van der Waals surface area (Å²) in [5, 5.41) is 0.678. The quantitative estimate of drug-likeness (QED) is 0.642. The largest absolute Gasteiger partial charge is 0.478 e. The fraction of sp³-hybridized carbons (Fsp3) is 0.250. The summed E-state index contributed by atoms with van der Waals surface area (Å²) >= 11 is 0.